The summed E-state index contributed by atoms with van der Waals surface area (Å²) in [5.41, 5.74) is -1.35. The summed E-state index contributed by atoms with van der Waals surface area (Å²) in [7, 11) is 0. The summed E-state index contributed by atoms with van der Waals surface area (Å²) in [6.07, 6.45) is -3.36. The van der Waals surface area contributed by atoms with Gasteiger partial charge in [0.05, 0.1) is 0 Å². The highest BCUT2D eigenvalue weighted by Gasteiger charge is 2.46. The Bertz CT molecular complexity index is 720. The molecule has 1 aromatic rings. The zero-order chi connectivity index (χ0) is 19.2. The molecular formula is C16H16F2N2O5. The van der Waals surface area contributed by atoms with Gasteiger partial charge < -0.3 is 10.4 Å². The molecule has 2 amide bonds. The first-order valence-electron chi connectivity index (χ1n) is 6.97. The van der Waals surface area contributed by atoms with Crippen molar-refractivity contribution in [1.82, 2.24) is 10.8 Å². The van der Waals surface area contributed by atoms with E-state index < -0.39 is 29.9 Å². The van der Waals surface area contributed by atoms with Crippen molar-refractivity contribution in [2.24, 2.45) is 0 Å². The summed E-state index contributed by atoms with van der Waals surface area (Å²) >= 11 is 0. The van der Waals surface area contributed by atoms with Gasteiger partial charge in [0.1, 0.15) is 6.04 Å². The second kappa shape index (κ2) is 8.32. The Kier molecular flexibility index (Phi) is 6.73. The van der Waals surface area contributed by atoms with Gasteiger partial charge in [0.2, 0.25) is 5.78 Å². The molecule has 0 saturated heterocycles. The molecule has 0 aromatic heterocycles. The topological polar surface area (TPSA) is 116 Å². The van der Waals surface area contributed by atoms with Crippen LogP contribution in [0.4, 0.5) is 8.78 Å². The van der Waals surface area contributed by atoms with Gasteiger partial charge in [-0.05, 0) is 37.1 Å². The van der Waals surface area contributed by atoms with Gasteiger partial charge in [-0.15, -0.1) is 0 Å². The Hall–Kier alpha value is -2.83. The van der Waals surface area contributed by atoms with Crippen LogP contribution in [0.15, 0.2) is 24.3 Å². The molecule has 0 radical (unpaired) electrons. The smallest absolute Gasteiger partial charge is 0.269 e. The van der Waals surface area contributed by atoms with Gasteiger partial charge in [-0.25, -0.2) is 14.3 Å². The zero-order valence-electron chi connectivity index (χ0n) is 13.3. The number of halogens is 2. The Balaban J connectivity index is 3.00. The molecule has 0 fully saturated rings. The molecule has 0 aliphatic rings. The summed E-state index contributed by atoms with van der Waals surface area (Å²) < 4.78 is 25.8. The molecule has 134 valence electrons. The van der Waals surface area contributed by atoms with Crippen LogP contribution in [0.3, 0.4) is 0 Å². The minimum atomic E-state index is -3.36. The fraction of sp³-hybridized carbons (Fsp3) is 0.312. The molecule has 0 heterocycles. The SMILES string of the molecule is CC(=O)C#Cc1ccc(C(=O)NC(C(=O)NO)C(C)(O)C(F)F)cc1. The maximum Gasteiger partial charge on any atom is 0.269 e. The largest absolute Gasteiger partial charge is 0.381 e. The number of Topliss-reactive ketones (excluding diaryl/α,β-unsaturated/α-hetero) is 1. The van der Waals surface area contributed by atoms with E-state index >= 15 is 0 Å². The van der Waals surface area contributed by atoms with Gasteiger partial charge in [0.25, 0.3) is 18.2 Å². The van der Waals surface area contributed by atoms with Crippen LogP contribution in [0.2, 0.25) is 0 Å². The maximum absolute atomic E-state index is 12.9. The van der Waals surface area contributed by atoms with Gasteiger partial charge in [-0.3, -0.25) is 19.6 Å². The lowest BCUT2D eigenvalue weighted by Gasteiger charge is -2.30. The minimum Gasteiger partial charge on any atom is -0.381 e. The third-order valence-electron chi connectivity index (χ3n) is 3.20. The van der Waals surface area contributed by atoms with Crippen molar-refractivity contribution in [2.45, 2.75) is 31.9 Å². The van der Waals surface area contributed by atoms with E-state index in [1.165, 1.54) is 31.2 Å². The molecule has 2 atom stereocenters. The maximum atomic E-state index is 12.9. The molecule has 2 unspecified atom stereocenters. The molecule has 0 bridgehead atoms. The average Bonchev–Trinajstić information content (AvgIpc) is 2.57. The van der Waals surface area contributed by atoms with Crippen LogP contribution in [-0.4, -0.2) is 46.0 Å². The number of carbonyl (C=O) groups is 3. The van der Waals surface area contributed by atoms with E-state index in [4.69, 9.17) is 5.21 Å². The Morgan fingerprint density at radius 1 is 1.20 bits per heavy atom. The van der Waals surface area contributed by atoms with Crippen molar-refractivity contribution in [2.75, 3.05) is 0 Å². The zero-order valence-corrected chi connectivity index (χ0v) is 13.3. The van der Waals surface area contributed by atoms with E-state index in [1.54, 1.807) is 0 Å². The predicted molar refractivity (Wildman–Crippen MR) is 81.8 cm³/mol. The third kappa shape index (κ3) is 5.34. The van der Waals surface area contributed by atoms with Gasteiger partial charge in [-0.2, -0.15) is 0 Å². The normalized spacial score (nSPS) is 13.9. The van der Waals surface area contributed by atoms with Crippen LogP contribution in [-0.2, 0) is 9.59 Å². The van der Waals surface area contributed by atoms with Crippen LogP contribution < -0.4 is 10.8 Å². The number of aliphatic hydroxyl groups is 1. The number of alkyl halides is 2. The standard InChI is InChI=1S/C16H16F2N2O5/c1-9(21)3-4-10-5-7-11(8-6-10)13(22)19-12(14(23)20-25)16(2,24)15(17)18/h5-8,12,15,24-25H,1-2H3,(H,19,22)(H,20,23). The van der Waals surface area contributed by atoms with Crippen molar-refractivity contribution in [3.05, 3.63) is 35.4 Å². The molecule has 0 saturated carbocycles. The van der Waals surface area contributed by atoms with E-state index in [-0.39, 0.29) is 11.3 Å². The van der Waals surface area contributed by atoms with Crippen molar-refractivity contribution < 1.29 is 33.5 Å². The number of hydroxylamine groups is 1. The van der Waals surface area contributed by atoms with E-state index in [0.29, 0.717) is 12.5 Å². The lowest BCUT2D eigenvalue weighted by Crippen LogP contribution is -2.61. The molecule has 7 nitrogen and oxygen atoms in total. The number of amides is 2. The van der Waals surface area contributed by atoms with E-state index in [1.807, 2.05) is 5.32 Å². The number of nitrogens with one attached hydrogen (secondary N) is 2. The van der Waals surface area contributed by atoms with Crippen molar-refractivity contribution in [3.63, 3.8) is 0 Å². The van der Waals surface area contributed by atoms with Gasteiger partial charge in [0.15, 0.2) is 5.60 Å². The second-order valence-electron chi connectivity index (χ2n) is 5.29. The molecule has 0 aliphatic carbocycles. The van der Waals surface area contributed by atoms with Crippen molar-refractivity contribution in [1.29, 1.82) is 0 Å². The monoisotopic (exact) mass is 354 g/mol. The highest BCUT2D eigenvalue weighted by molar-refractivity contribution is 5.98. The van der Waals surface area contributed by atoms with Crippen LogP contribution >= 0.6 is 0 Å². The summed E-state index contributed by atoms with van der Waals surface area (Å²) in [4.78, 5) is 34.4. The molecule has 4 N–H and O–H groups in total. The summed E-state index contributed by atoms with van der Waals surface area (Å²) in [6, 6.07) is 3.32. The Morgan fingerprint density at radius 3 is 2.20 bits per heavy atom. The Morgan fingerprint density at radius 2 is 1.76 bits per heavy atom. The van der Waals surface area contributed by atoms with Gasteiger partial charge in [0, 0.05) is 18.1 Å². The first-order valence-corrected chi connectivity index (χ1v) is 6.97. The number of hydrogen-bond donors (Lipinski definition) is 4. The molecule has 1 rings (SSSR count). The average molecular weight is 354 g/mol. The quantitative estimate of drug-likeness (QED) is 0.344. The molecule has 25 heavy (non-hydrogen) atoms. The fourth-order valence-corrected chi connectivity index (χ4v) is 1.75. The van der Waals surface area contributed by atoms with Crippen LogP contribution in [0.1, 0.15) is 29.8 Å². The lowest BCUT2D eigenvalue weighted by atomic mass is 9.95. The lowest BCUT2D eigenvalue weighted by molar-refractivity contribution is -0.149. The van der Waals surface area contributed by atoms with Crippen LogP contribution in [0.25, 0.3) is 0 Å². The van der Waals surface area contributed by atoms with E-state index in [0.717, 1.165) is 5.48 Å². The molecule has 1 aromatic carbocycles. The summed E-state index contributed by atoms with van der Waals surface area (Å²) in [5, 5.41) is 20.3. The van der Waals surface area contributed by atoms with Gasteiger partial charge in [-0.1, -0.05) is 5.92 Å². The Labute approximate surface area is 142 Å². The number of ketones is 1. The summed E-state index contributed by atoms with van der Waals surface area (Å²) in [6.45, 7) is 1.94. The first kappa shape index (κ1) is 20.2. The first-order chi connectivity index (χ1) is 11.6. The van der Waals surface area contributed by atoms with Gasteiger partial charge >= 0.3 is 0 Å². The molecular weight excluding hydrogens is 338 g/mol. The predicted octanol–water partition coefficient (Wildman–Crippen LogP) is 0.247. The van der Waals surface area contributed by atoms with Crippen LogP contribution in [0, 0.1) is 11.8 Å². The van der Waals surface area contributed by atoms with Crippen molar-refractivity contribution in [3.8, 4) is 11.8 Å². The highest BCUT2D eigenvalue weighted by atomic mass is 19.3. The molecule has 0 spiro atoms. The summed E-state index contributed by atoms with van der Waals surface area (Å²) in [5.74, 6) is 2.19. The van der Waals surface area contributed by atoms with E-state index in [2.05, 4.69) is 11.8 Å². The number of benzene rings is 1. The van der Waals surface area contributed by atoms with Crippen molar-refractivity contribution >= 4 is 17.6 Å². The fourth-order valence-electron chi connectivity index (χ4n) is 1.75. The second-order valence-corrected chi connectivity index (χ2v) is 5.29. The number of carbonyl (C=O) groups excluding carboxylic acids is 3. The third-order valence-corrected chi connectivity index (χ3v) is 3.20. The highest BCUT2D eigenvalue weighted by Crippen LogP contribution is 2.20. The minimum absolute atomic E-state index is 0.00539. The van der Waals surface area contributed by atoms with Crippen LogP contribution in [0.5, 0.6) is 0 Å². The number of rotatable bonds is 5. The number of hydrogen-bond acceptors (Lipinski definition) is 5. The molecule has 9 heteroatoms. The molecule has 0 aliphatic heterocycles. The van der Waals surface area contributed by atoms with E-state index in [9.17, 15) is 28.3 Å².